The second kappa shape index (κ2) is 6.89. The number of amides is 1. The molecule has 1 aromatic carbocycles. The van der Waals surface area contributed by atoms with E-state index in [9.17, 15) is 9.59 Å². The average molecular weight is 301 g/mol. The maximum absolute atomic E-state index is 12.2. The number of aromatic nitrogens is 2. The SMILES string of the molecule is Cc1ccc(-n2nc(C)cc2C(=O)NCCCC(=O)O)cc1. The number of carbonyl (C=O) groups excluding carboxylic acids is 1. The van der Waals surface area contributed by atoms with Crippen LogP contribution in [0.4, 0.5) is 0 Å². The fourth-order valence-electron chi connectivity index (χ4n) is 2.08. The molecule has 0 spiro atoms. The molecule has 0 saturated heterocycles. The molecule has 0 saturated carbocycles. The largest absolute Gasteiger partial charge is 0.481 e. The van der Waals surface area contributed by atoms with Crippen LogP contribution in [0.3, 0.4) is 0 Å². The van der Waals surface area contributed by atoms with Gasteiger partial charge < -0.3 is 10.4 Å². The summed E-state index contributed by atoms with van der Waals surface area (Å²) in [5, 5.41) is 15.7. The molecular weight excluding hydrogens is 282 g/mol. The van der Waals surface area contributed by atoms with Gasteiger partial charge >= 0.3 is 5.97 Å². The predicted molar refractivity (Wildman–Crippen MR) is 82.2 cm³/mol. The first-order chi connectivity index (χ1) is 10.5. The molecule has 0 aliphatic heterocycles. The third kappa shape index (κ3) is 3.94. The number of aryl methyl sites for hydroxylation is 2. The molecule has 0 aliphatic carbocycles. The van der Waals surface area contributed by atoms with E-state index in [4.69, 9.17) is 5.11 Å². The van der Waals surface area contributed by atoms with Crippen LogP contribution in [-0.2, 0) is 4.79 Å². The molecule has 0 aliphatic rings. The van der Waals surface area contributed by atoms with Gasteiger partial charge in [0.2, 0.25) is 0 Å². The van der Waals surface area contributed by atoms with Crippen molar-refractivity contribution in [2.75, 3.05) is 6.54 Å². The first-order valence-electron chi connectivity index (χ1n) is 7.11. The molecule has 2 N–H and O–H groups in total. The predicted octanol–water partition coefficient (Wildman–Crippen LogP) is 2.08. The van der Waals surface area contributed by atoms with E-state index < -0.39 is 5.97 Å². The number of carboxylic acid groups (broad SMARTS) is 1. The Kier molecular flexibility index (Phi) is 4.93. The fourth-order valence-corrected chi connectivity index (χ4v) is 2.08. The Morgan fingerprint density at radius 2 is 1.91 bits per heavy atom. The summed E-state index contributed by atoms with van der Waals surface area (Å²) in [6.45, 7) is 4.14. The maximum Gasteiger partial charge on any atom is 0.303 e. The van der Waals surface area contributed by atoms with Crippen molar-refractivity contribution >= 4 is 11.9 Å². The topological polar surface area (TPSA) is 84.2 Å². The molecule has 0 atom stereocenters. The van der Waals surface area contributed by atoms with Crippen LogP contribution in [0.25, 0.3) is 5.69 Å². The highest BCUT2D eigenvalue weighted by molar-refractivity contribution is 5.93. The number of benzene rings is 1. The number of rotatable bonds is 6. The molecule has 116 valence electrons. The van der Waals surface area contributed by atoms with Crippen molar-refractivity contribution < 1.29 is 14.7 Å². The van der Waals surface area contributed by atoms with Gasteiger partial charge in [-0.15, -0.1) is 0 Å². The summed E-state index contributed by atoms with van der Waals surface area (Å²) in [5.74, 6) is -1.12. The molecule has 0 bridgehead atoms. The lowest BCUT2D eigenvalue weighted by Gasteiger charge is -2.08. The first kappa shape index (κ1) is 15.8. The molecule has 22 heavy (non-hydrogen) atoms. The fraction of sp³-hybridized carbons (Fsp3) is 0.312. The van der Waals surface area contributed by atoms with Gasteiger partial charge in [0.1, 0.15) is 5.69 Å². The van der Waals surface area contributed by atoms with Crippen molar-refractivity contribution in [2.24, 2.45) is 0 Å². The van der Waals surface area contributed by atoms with E-state index >= 15 is 0 Å². The van der Waals surface area contributed by atoms with E-state index in [-0.39, 0.29) is 12.3 Å². The quantitative estimate of drug-likeness (QED) is 0.800. The molecule has 6 heteroatoms. The van der Waals surface area contributed by atoms with Gasteiger partial charge in [-0.05, 0) is 38.5 Å². The number of aliphatic carboxylic acids is 1. The zero-order valence-electron chi connectivity index (χ0n) is 12.7. The van der Waals surface area contributed by atoms with Crippen LogP contribution < -0.4 is 5.32 Å². The van der Waals surface area contributed by atoms with Crippen LogP contribution >= 0.6 is 0 Å². The normalized spacial score (nSPS) is 10.5. The van der Waals surface area contributed by atoms with Crippen molar-refractivity contribution in [3.8, 4) is 5.69 Å². The minimum atomic E-state index is -0.866. The number of carbonyl (C=O) groups is 2. The van der Waals surface area contributed by atoms with Gasteiger partial charge in [-0.2, -0.15) is 5.10 Å². The van der Waals surface area contributed by atoms with Gasteiger partial charge in [-0.3, -0.25) is 9.59 Å². The highest BCUT2D eigenvalue weighted by Crippen LogP contribution is 2.13. The summed E-state index contributed by atoms with van der Waals surface area (Å²) in [6, 6.07) is 9.44. The number of nitrogens with zero attached hydrogens (tertiary/aromatic N) is 2. The molecule has 1 amide bonds. The number of nitrogens with one attached hydrogen (secondary N) is 1. The standard InChI is InChI=1S/C16H19N3O3/c1-11-5-7-13(8-6-11)19-14(10-12(2)18-19)16(22)17-9-3-4-15(20)21/h5-8,10H,3-4,9H2,1-2H3,(H,17,22)(H,20,21). The Morgan fingerprint density at radius 1 is 1.23 bits per heavy atom. The monoisotopic (exact) mass is 301 g/mol. The molecule has 0 radical (unpaired) electrons. The first-order valence-corrected chi connectivity index (χ1v) is 7.11. The molecule has 1 heterocycles. The van der Waals surface area contributed by atoms with E-state index in [1.54, 1.807) is 10.7 Å². The zero-order chi connectivity index (χ0) is 16.1. The lowest BCUT2D eigenvalue weighted by molar-refractivity contribution is -0.137. The van der Waals surface area contributed by atoms with Crippen LogP contribution in [0.15, 0.2) is 30.3 Å². The minimum Gasteiger partial charge on any atom is -0.481 e. The van der Waals surface area contributed by atoms with Gasteiger partial charge in [0.05, 0.1) is 11.4 Å². The van der Waals surface area contributed by atoms with Gasteiger partial charge in [-0.1, -0.05) is 17.7 Å². The minimum absolute atomic E-state index is 0.0382. The molecular formula is C16H19N3O3. The van der Waals surface area contributed by atoms with E-state index in [1.165, 1.54) is 0 Å². The van der Waals surface area contributed by atoms with Crippen LogP contribution in [-0.4, -0.2) is 33.3 Å². The van der Waals surface area contributed by atoms with Crippen LogP contribution in [0.1, 0.15) is 34.6 Å². The van der Waals surface area contributed by atoms with Crippen molar-refractivity contribution in [2.45, 2.75) is 26.7 Å². The Bertz CT molecular complexity index is 674. The van der Waals surface area contributed by atoms with E-state index in [1.807, 2.05) is 38.1 Å². The van der Waals surface area contributed by atoms with Crippen molar-refractivity contribution in [1.29, 1.82) is 0 Å². The number of hydrogen-bond donors (Lipinski definition) is 2. The maximum atomic E-state index is 12.2. The molecule has 6 nitrogen and oxygen atoms in total. The Hall–Kier alpha value is -2.63. The van der Waals surface area contributed by atoms with Crippen molar-refractivity contribution in [3.05, 3.63) is 47.3 Å². The van der Waals surface area contributed by atoms with Crippen LogP contribution in [0.5, 0.6) is 0 Å². The summed E-state index contributed by atoms with van der Waals surface area (Å²) < 4.78 is 1.60. The van der Waals surface area contributed by atoms with Gasteiger partial charge in [0.25, 0.3) is 5.91 Å². The Labute approximate surface area is 128 Å². The second-order valence-corrected chi connectivity index (χ2v) is 5.17. The van der Waals surface area contributed by atoms with E-state index in [0.29, 0.717) is 18.7 Å². The lowest BCUT2D eigenvalue weighted by atomic mass is 10.2. The summed E-state index contributed by atoms with van der Waals surface area (Å²) in [6.07, 6.45) is 0.440. The Balaban J connectivity index is 2.12. The average Bonchev–Trinajstić information content (AvgIpc) is 2.86. The van der Waals surface area contributed by atoms with Crippen molar-refractivity contribution in [1.82, 2.24) is 15.1 Å². The van der Waals surface area contributed by atoms with Gasteiger partial charge in [0.15, 0.2) is 0 Å². The summed E-state index contributed by atoms with van der Waals surface area (Å²) >= 11 is 0. The van der Waals surface area contributed by atoms with Gasteiger partial charge in [0, 0.05) is 13.0 Å². The second-order valence-electron chi connectivity index (χ2n) is 5.17. The molecule has 0 fully saturated rings. The van der Waals surface area contributed by atoms with Crippen LogP contribution in [0, 0.1) is 13.8 Å². The lowest BCUT2D eigenvalue weighted by Crippen LogP contribution is -2.27. The van der Waals surface area contributed by atoms with Crippen molar-refractivity contribution in [3.63, 3.8) is 0 Å². The van der Waals surface area contributed by atoms with E-state index in [2.05, 4.69) is 10.4 Å². The molecule has 2 aromatic rings. The van der Waals surface area contributed by atoms with E-state index in [0.717, 1.165) is 16.9 Å². The summed E-state index contributed by atoms with van der Waals surface area (Å²) in [7, 11) is 0. The Morgan fingerprint density at radius 3 is 2.55 bits per heavy atom. The highest BCUT2D eigenvalue weighted by atomic mass is 16.4. The van der Waals surface area contributed by atoms with Crippen LogP contribution in [0.2, 0.25) is 0 Å². The third-order valence-corrected chi connectivity index (χ3v) is 3.20. The summed E-state index contributed by atoms with van der Waals surface area (Å²) in [4.78, 5) is 22.7. The molecule has 1 aromatic heterocycles. The highest BCUT2D eigenvalue weighted by Gasteiger charge is 2.15. The molecule has 0 unspecified atom stereocenters. The van der Waals surface area contributed by atoms with Gasteiger partial charge in [-0.25, -0.2) is 4.68 Å². The smallest absolute Gasteiger partial charge is 0.303 e. The number of carboxylic acids is 1. The summed E-state index contributed by atoms with van der Waals surface area (Å²) in [5.41, 5.74) is 3.13. The number of hydrogen-bond acceptors (Lipinski definition) is 3. The zero-order valence-corrected chi connectivity index (χ0v) is 12.7. The molecule has 2 rings (SSSR count). The third-order valence-electron chi connectivity index (χ3n) is 3.20.